The monoisotopic (exact) mass is 270 g/mol. The lowest BCUT2D eigenvalue weighted by Gasteiger charge is -2.13. The van der Waals surface area contributed by atoms with Crippen LogP contribution in [-0.2, 0) is 6.18 Å². The molecule has 2 nitrogen and oxygen atoms in total. The number of alkyl halides is 3. The highest BCUT2D eigenvalue weighted by atomic mass is 79.9. The molecule has 14 heavy (non-hydrogen) atoms. The Kier molecular flexibility index (Phi) is 2.94. The summed E-state index contributed by atoms with van der Waals surface area (Å²) in [5.74, 6) is 0. The second kappa shape index (κ2) is 3.56. The lowest BCUT2D eigenvalue weighted by atomic mass is 10.3. The van der Waals surface area contributed by atoms with E-state index in [0.29, 0.717) is 5.69 Å². The van der Waals surface area contributed by atoms with Crippen LogP contribution in [0, 0.1) is 6.92 Å². The van der Waals surface area contributed by atoms with Crippen molar-refractivity contribution in [2.75, 3.05) is 0 Å². The zero-order valence-electron chi connectivity index (χ0n) is 7.98. The number of hydrogen-bond donors (Lipinski definition) is 0. The molecule has 0 saturated heterocycles. The van der Waals surface area contributed by atoms with Crippen LogP contribution in [0.1, 0.15) is 31.3 Å². The van der Waals surface area contributed by atoms with Crippen molar-refractivity contribution in [1.82, 2.24) is 9.78 Å². The third-order valence-corrected chi connectivity index (χ3v) is 2.72. The largest absolute Gasteiger partial charge is 0.434 e. The highest BCUT2D eigenvalue weighted by Gasteiger charge is 2.39. The van der Waals surface area contributed by atoms with Gasteiger partial charge in [0.25, 0.3) is 0 Å². The lowest BCUT2D eigenvalue weighted by molar-refractivity contribution is -0.145. The van der Waals surface area contributed by atoms with Gasteiger partial charge >= 0.3 is 6.18 Å². The Morgan fingerprint density at radius 3 is 2.14 bits per heavy atom. The van der Waals surface area contributed by atoms with E-state index in [-0.39, 0.29) is 10.5 Å². The molecule has 0 bridgehead atoms. The Hall–Kier alpha value is -0.520. The van der Waals surface area contributed by atoms with Gasteiger partial charge < -0.3 is 0 Å². The van der Waals surface area contributed by atoms with Crippen LogP contribution >= 0.6 is 15.9 Å². The summed E-state index contributed by atoms with van der Waals surface area (Å²) in [6, 6.07) is -0.309. The third kappa shape index (κ3) is 1.94. The van der Waals surface area contributed by atoms with Gasteiger partial charge in [-0.25, -0.2) is 0 Å². The van der Waals surface area contributed by atoms with Crippen LogP contribution in [0.5, 0.6) is 0 Å². The molecule has 0 atom stereocenters. The van der Waals surface area contributed by atoms with E-state index in [1.165, 1.54) is 6.92 Å². The van der Waals surface area contributed by atoms with Gasteiger partial charge in [-0.15, -0.1) is 0 Å². The molecule has 1 heterocycles. The minimum absolute atomic E-state index is 0.0266. The fourth-order valence-electron chi connectivity index (χ4n) is 1.16. The Labute approximate surface area is 88.2 Å². The van der Waals surface area contributed by atoms with Crippen LogP contribution < -0.4 is 0 Å². The van der Waals surface area contributed by atoms with Crippen molar-refractivity contribution >= 4 is 15.9 Å². The minimum Gasteiger partial charge on any atom is -0.257 e. The van der Waals surface area contributed by atoms with Gasteiger partial charge in [-0.1, -0.05) is 0 Å². The second-order valence-corrected chi connectivity index (χ2v) is 4.08. The summed E-state index contributed by atoms with van der Waals surface area (Å²) < 4.78 is 38.8. The number of aryl methyl sites for hydroxylation is 1. The maximum Gasteiger partial charge on any atom is 0.434 e. The van der Waals surface area contributed by atoms with Gasteiger partial charge in [-0.05, 0) is 36.7 Å². The van der Waals surface area contributed by atoms with Gasteiger partial charge in [-0.2, -0.15) is 18.3 Å². The van der Waals surface area contributed by atoms with Crippen LogP contribution in [0.15, 0.2) is 4.47 Å². The predicted octanol–water partition coefficient (Wildman–Crippen LogP) is 3.55. The van der Waals surface area contributed by atoms with Gasteiger partial charge in [0.1, 0.15) is 0 Å². The van der Waals surface area contributed by atoms with E-state index in [1.54, 1.807) is 13.8 Å². The maximum atomic E-state index is 12.6. The third-order valence-electron chi connectivity index (χ3n) is 1.77. The average Bonchev–Trinajstić information content (AvgIpc) is 2.27. The Balaban J connectivity index is 3.38. The molecule has 0 radical (unpaired) electrons. The molecule has 0 saturated carbocycles. The first kappa shape index (κ1) is 11.6. The van der Waals surface area contributed by atoms with Crippen LogP contribution in [0.4, 0.5) is 13.2 Å². The summed E-state index contributed by atoms with van der Waals surface area (Å²) in [7, 11) is 0. The fraction of sp³-hybridized carbons (Fsp3) is 0.625. The molecule has 0 aromatic carbocycles. The number of nitrogens with zero attached hydrogens (tertiary/aromatic N) is 2. The highest BCUT2D eigenvalue weighted by Crippen LogP contribution is 2.37. The van der Waals surface area contributed by atoms with E-state index in [4.69, 9.17) is 0 Å². The molecule has 6 heteroatoms. The second-order valence-electron chi connectivity index (χ2n) is 3.28. The average molecular weight is 271 g/mol. The van der Waals surface area contributed by atoms with Crippen LogP contribution in [0.2, 0.25) is 0 Å². The lowest BCUT2D eigenvalue weighted by Crippen LogP contribution is -2.16. The van der Waals surface area contributed by atoms with Gasteiger partial charge in [0.15, 0.2) is 5.69 Å². The van der Waals surface area contributed by atoms with Gasteiger partial charge in [0, 0.05) is 6.04 Å². The van der Waals surface area contributed by atoms with Crippen LogP contribution in [-0.4, -0.2) is 9.78 Å². The number of halogens is 4. The van der Waals surface area contributed by atoms with Crippen LogP contribution in [0.25, 0.3) is 0 Å². The molecule has 0 aliphatic carbocycles. The first-order chi connectivity index (χ1) is 6.25. The molecule has 1 aromatic heterocycles. The van der Waals surface area contributed by atoms with E-state index < -0.39 is 11.9 Å². The number of rotatable bonds is 1. The minimum atomic E-state index is -4.37. The summed E-state index contributed by atoms with van der Waals surface area (Å²) in [6.07, 6.45) is -4.37. The van der Waals surface area contributed by atoms with Gasteiger partial charge in [0.05, 0.1) is 10.2 Å². The Bertz CT molecular complexity index is 341. The smallest absolute Gasteiger partial charge is 0.257 e. The van der Waals surface area contributed by atoms with Crippen molar-refractivity contribution in [3.63, 3.8) is 0 Å². The van der Waals surface area contributed by atoms with E-state index in [2.05, 4.69) is 21.0 Å². The summed E-state index contributed by atoms with van der Waals surface area (Å²) in [4.78, 5) is 0. The molecule has 0 aliphatic rings. The molecule has 0 spiro atoms. The molecule has 0 unspecified atom stereocenters. The predicted molar refractivity (Wildman–Crippen MR) is 50.1 cm³/mol. The van der Waals surface area contributed by atoms with Crippen molar-refractivity contribution in [1.29, 1.82) is 0 Å². The molecule has 1 aromatic rings. The summed E-state index contributed by atoms with van der Waals surface area (Å²) in [5.41, 5.74) is -0.365. The Morgan fingerprint density at radius 1 is 1.36 bits per heavy atom. The van der Waals surface area contributed by atoms with E-state index in [0.717, 1.165) is 4.68 Å². The van der Waals surface area contributed by atoms with Crippen molar-refractivity contribution in [2.24, 2.45) is 0 Å². The molecule has 0 N–H and O–H groups in total. The summed E-state index contributed by atoms with van der Waals surface area (Å²) in [6.45, 7) is 4.86. The summed E-state index contributed by atoms with van der Waals surface area (Å²) >= 11 is 2.90. The van der Waals surface area contributed by atoms with E-state index >= 15 is 0 Å². The maximum absolute atomic E-state index is 12.6. The SMILES string of the molecule is Cc1nn(C(C)C)c(C(F)(F)F)c1Br. The first-order valence-electron chi connectivity index (χ1n) is 4.07. The summed E-state index contributed by atoms with van der Waals surface area (Å²) in [5, 5.41) is 3.83. The van der Waals surface area contributed by atoms with Crippen molar-refractivity contribution < 1.29 is 13.2 Å². The van der Waals surface area contributed by atoms with Crippen molar-refractivity contribution in [2.45, 2.75) is 33.0 Å². The first-order valence-corrected chi connectivity index (χ1v) is 4.86. The normalized spacial score (nSPS) is 12.6. The van der Waals surface area contributed by atoms with Crippen LogP contribution in [0.3, 0.4) is 0 Å². The van der Waals surface area contributed by atoms with Gasteiger partial charge in [-0.3, -0.25) is 4.68 Å². The molecule has 80 valence electrons. The standard InChI is InChI=1S/C8H10BrF3N2/c1-4(2)14-7(8(10,11)12)6(9)5(3)13-14/h4H,1-3H3. The van der Waals surface area contributed by atoms with Crippen molar-refractivity contribution in [3.05, 3.63) is 15.9 Å². The molecular weight excluding hydrogens is 261 g/mol. The quantitative estimate of drug-likeness (QED) is 0.763. The van der Waals surface area contributed by atoms with Crippen molar-refractivity contribution in [3.8, 4) is 0 Å². The zero-order chi connectivity index (χ0) is 11.1. The van der Waals surface area contributed by atoms with Gasteiger partial charge in [0.2, 0.25) is 0 Å². The molecule has 0 fully saturated rings. The highest BCUT2D eigenvalue weighted by molar-refractivity contribution is 9.10. The Morgan fingerprint density at radius 2 is 1.86 bits per heavy atom. The van der Waals surface area contributed by atoms with E-state index in [1.807, 2.05) is 0 Å². The molecular formula is C8H10BrF3N2. The van der Waals surface area contributed by atoms with E-state index in [9.17, 15) is 13.2 Å². The fourth-order valence-corrected chi connectivity index (χ4v) is 1.64. The molecule has 0 amide bonds. The topological polar surface area (TPSA) is 17.8 Å². The molecule has 1 rings (SSSR count). The zero-order valence-corrected chi connectivity index (χ0v) is 9.57. The number of hydrogen-bond acceptors (Lipinski definition) is 1. The molecule has 0 aliphatic heterocycles. The number of aromatic nitrogens is 2.